The first-order valence-corrected chi connectivity index (χ1v) is 12.6. The number of methoxy groups -OCH3 is 1. The number of para-hydroxylation sites is 1. The Bertz CT molecular complexity index is 1400. The summed E-state index contributed by atoms with van der Waals surface area (Å²) in [7, 11) is 1.44. The molecular weight excluding hydrogens is 514 g/mol. The first-order chi connectivity index (χ1) is 17.8. The number of hydrogen-bond acceptors (Lipinski definition) is 7. The topological polar surface area (TPSA) is 82.1 Å². The molecule has 190 valence electrons. The van der Waals surface area contributed by atoms with Crippen LogP contribution in [0, 0.1) is 13.8 Å². The fourth-order valence-electron chi connectivity index (χ4n) is 3.63. The fourth-order valence-corrected chi connectivity index (χ4v) is 4.70. The van der Waals surface area contributed by atoms with Crippen LogP contribution in [0.4, 0.5) is 4.79 Å². The average molecular weight is 538 g/mol. The minimum Gasteiger partial charge on any atom is -0.493 e. The number of carbonyl (C=O) groups is 3. The predicted molar refractivity (Wildman–Crippen MR) is 143 cm³/mol. The van der Waals surface area contributed by atoms with Crippen LogP contribution in [0.1, 0.15) is 27.0 Å². The van der Waals surface area contributed by atoms with Crippen molar-refractivity contribution in [3.05, 3.63) is 92.8 Å². The van der Waals surface area contributed by atoms with E-state index >= 15 is 0 Å². The van der Waals surface area contributed by atoms with Crippen molar-refractivity contribution in [3.8, 4) is 17.2 Å². The molecule has 7 nitrogen and oxygen atoms in total. The van der Waals surface area contributed by atoms with Crippen molar-refractivity contribution in [1.29, 1.82) is 0 Å². The maximum atomic E-state index is 13.0. The molecule has 0 radical (unpaired) electrons. The summed E-state index contributed by atoms with van der Waals surface area (Å²) in [6, 6.07) is 17.4. The number of rotatable bonds is 8. The van der Waals surface area contributed by atoms with Crippen molar-refractivity contribution in [1.82, 2.24) is 4.90 Å². The number of benzene rings is 3. The van der Waals surface area contributed by atoms with Crippen LogP contribution in [0.5, 0.6) is 17.2 Å². The standard InChI is InChI=1S/C28H24ClNO6S/c1-17-11-12-18(2)23(15-17)35-14-13-30-26(31)24(37-28(30)33)16-19-7-6-10-22(34-3)25(19)36-27(32)20-8-4-5-9-21(20)29/h4-12,15-16H,13-14H2,1-3H3/b24-16-. The number of amides is 2. The molecule has 2 amide bonds. The van der Waals surface area contributed by atoms with Crippen LogP contribution >= 0.6 is 23.4 Å². The molecule has 0 spiro atoms. The number of carbonyl (C=O) groups excluding carboxylic acids is 3. The summed E-state index contributed by atoms with van der Waals surface area (Å²) in [6.45, 7) is 4.16. The van der Waals surface area contributed by atoms with Crippen LogP contribution in [-0.4, -0.2) is 42.3 Å². The number of ether oxygens (including phenoxy) is 3. The van der Waals surface area contributed by atoms with E-state index in [9.17, 15) is 14.4 Å². The van der Waals surface area contributed by atoms with Gasteiger partial charge in [0.25, 0.3) is 11.1 Å². The summed E-state index contributed by atoms with van der Waals surface area (Å²) in [5.74, 6) is -0.0219. The van der Waals surface area contributed by atoms with E-state index < -0.39 is 17.1 Å². The van der Waals surface area contributed by atoms with Gasteiger partial charge in [-0.15, -0.1) is 0 Å². The molecule has 4 rings (SSSR count). The van der Waals surface area contributed by atoms with Gasteiger partial charge < -0.3 is 14.2 Å². The summed E-state index contributed by atoms with van der Waals surface area (Å²) in [5, 5.41) is -0.161. The lowest BCUT2D eigenvalue weighted by atomic mass is 10.1. The van der Waals surface area contributed by atoms with Gasteiger partial charge in [-0.05, 0) is 67.1 Å². The Labute approximate surface area is 224 Å². The third kappa shape index (κ3) is 5.98. The third-order valence-corrected chi connectivity index (χ3v) is 6.83. The zero-order valence-corrected chi connectivity index (χ0v) is 22.0. The van der Waals surface area contributed by atoms with Crippen LogP contribution in [0.15, 0.2) is 65.6 Å². The van der Waals surface area contributed by atoms with E-state index in [0.717, 1.165) is 27.8 Å². The molecule has 1 aliphatic rings. The molecule has 0 bridgehead atoms. The second-order valence-corrected chi connectivity index (χ2v) is 9.60. The Kier molecular flexibility index (Phi) is 8.21. The minimum absolute atomic E-state index is 0.0991. The molecule has 1 heterocycles. The van der Waals surface area contributed by atoms with Gasteiger partial charge in [0.05, 0.1) is 29.1 Å². The van der Waals surface area contributed by atoms with Gasteiger partial charge in [0.2, 0.25) is 0 Å². The first kappa shape index (κ1) is 26.3. The van der Waals surface area contributed by atoms with E-state index in [2.05, 4.69) is 0 Å². The Morgan fingerprint density at radius 2 is 1.81 bits per heavy atom. The van der Waals surface area contributed by atoms with Crippen LogP contribution in [-0.2, 0) is 4.79 Å². The van der Waals surface area contributed by atoms with Gasteiger partial charge in [-0.3, -0.25) is 14.5 Å². The van der Waals surface area contributed by atoms with Crippen LogP contribution < -0.4 is 14.2 Å². The minimum atomic E-state index is -0.679. The van der Waals surface area contributed by atoms with Gasteiger partial charge in [0.1, 0.15) is 12.4 Å². The van der Waals surface area contributed by atoms with Crippen molar-refractivity contribution in [2.24, 2.45) is 0 Å². The van der Waals surface area contributed by atoms with Gasteiger partial charge in [-0.1, -0.05) is 48.0 Å². The Hall–Kier alpha value is -3.75. The van der Waals surface area contributed by atoms with E-state index in [1.807, 2.05) is 32.0 Å². The molecular formula is C28H24ClNO6S. The van der Waals surface area contributed by atoms with Crippen molar-refractivity contribution in [2.45, 2.75) is 13.8 Å². The molecule has 0 atom stereocenters. The molecule has 3 aromatic rings. The number of halogens is 1. The molecule has 1 fully saturated rings. The Morgan fingerprint density at radius 3 is 2.57 bits per heavy atom. The molecule has 0 N–H and O–H groups in total. The zero-order valence-electron chi connectivity index (χ0n) is 20.4. The van der Waals surface area contributed by atoms with Crippen LogP contribution in [0.25, 0.3) is 6.08 Å². The van der Waals surface area contributed by atoms with E-state index in [0.29, 0.717) is 11.3 Å². The lowest BCUT2D eigenvalue weighted by Crippen LogP contribution is -2.32. The highest BCUT2D eigenvalue weighted by Crippen LogP contribution is 2.38. The Balaban J connectivity index is 1.53. The monoisotopic (exact) mass is 537 g/mol. The summed E-state index contributed by atoms with van der Waals surface area (Å²) in [6.07, 6.45) is 1.51. The zero-order chi connectivity index (χ0) is 26.5. The van der Waals surface area contributed by atoms with Gasteiger partial charge >= 0.3 is 5.97 Å². The summed E-state index contributed by atoms with van der Waals surface area (Å²) in [4.78, 5) is 39.8. The smallest absolute Gasteiger partial charge is 0.345 e. The maximum absolute atomic E-state index is 13.0. The first-order valence-electron chi connectivity index (χ1n) is 11.4. The van der Waals surface area contributed by atoms with E-state index in [-0.39, 0.29) is 40.1 Å². The SMILES string of the molecule is COc1cccc(/C=C2\SC(=O)N(CCOc3cc(C)ccc3C)C2=O)c1OC(=O)c1ccccc1Cl. The third-order valence-electron chi connectivity index (χ3n) is 5.59. The molecule has 1 aliphatic heterocycles. The summed E-state index contributed by atoms with van der Waals surface area (Å²) >= 11 is 6.95. The van der Waals surface area contributed by atoms with Gasteiger partial charge in [-0.25, -0.2) is 4.79 Å². The van der Waals surface area contributed by atoms with Gasteiger partial charge in [0.15, 0.2) is 11.5 Å². The van der Waals surface area contributed by atoms with Crippen LogP contribution in [0.2, 0.25) is 5.02 Å². The number of hydrogen-bond donors (Lipinski definition) is 0. The maximum Gasteiger partial charge on any atom is 0.345 e. The van der Waals surface area contributed by atoms with E-state index in [1.165, 1.54) is 13.2 Å². The van der Waals surface area contributed by atoms with Crippen molar-refractivity contribution >= 4 is 46.6 Å². The molecule has 0 aliphatic carbocycles. The molecule has 0 unspecified atom stereocenters. The highest BCUT2D eigenvalue weighted by Gasteiger charge is 2.35. The lowest BCUT2D eigenvalue weighted by molar-refractivity contribution is -0.123. The second kappa shape index (κ2) is 11.5. The van der Waals surface area contributed by atoms with Crippen molar-refractivity contribution in [3.63, 3.8) is 0 Å². The number of thioether (sulfide) groups is 1. The average Bonchev–Trinajstić information content (AvgIpc) is 3.14. The van der Waals surface area contributed by atoms with Crippen molar-refractivity contribution < 1.29 is 28.6 Å². The number of nitrogens with zero attached hydrogens (tertiary/aromatic N) is 1. The summed E-state index contributed by atoms with van der Waals surface area (Å²) < 4.78 is 16.8. The number of esters is 1. The molecule has 37 heavy (non-hydrogen) atoms. The highest BCUT2D eigenvalue weighted by molar-refractivity contribution is 8.18. The molecule has 9 heteroatoms. The fraction of sp³-hybridized carbons (Fsp3) is 0.179. The second-order valence-electron chi connectivity index (χ2n) is 8.20. The van der Waals surface area contributed by atoms with E-state index in [1.54, 1.807) is 42.5 Å². The highest BCUT2D eigenvalue weighted by atomic mass is 35.5. The normalized spacial score (nSPS) is 14.3. The molecule has 3 aromatic carbocycles. The predicted octanol–water partition coefficient (Wildman–Crippen LogP) is 6.30. The largest absolute Gasteiger partial charge is 0.493 e. The number of imide groups is 1. The van der Waals surface area contributed by atoms with Gasteiger partial charge in [-0.2, -0.15) is 0 Å². The summed E-state index contributed by atoms with van der Waals surface area (Å²) in [5.41, 5.74) is 2.61. The van der Waals surface area contributed by atoms with E-state index in [4.69, 9.17) is 25.8 Å². The van der Waals surface area contributed by atoms with Crippen LogP contribution in [0.3, 0.4) is 0 Å². The molecule has 0 aromatic heterocycles. The molecule has 0 saturated carbocycles. The van der Waals surface area contributed by atoms with Crippen molar-refractivity contribution in [2.75, 3.05) is 20.3 Å². The number of aryl methyl sites for hydroxylation is 2. The Morgan fingerprint density at radius 1 is 1.03 bits per heavy atom. The molecule has 1 saturated heterocycles. The lowest BCUT2D eigenvalue weighted by Gasteiger charge is -2.15. The van der Waals surface area contributed by atoms with Gasteiger partial charge in [0, 0.05) is 5.56 Å². The quantitative estimate of drug-likeness (QED) is 0.189.